The topological polar surface area (TPSA) is 64.7 Å². The standard InChI is InChI=1S/C23H27FN4O2/c24-18-9-10-20(27-12-5-2-6-13-27)19(15-18)26-23(30)28-14-11-25-22(29)16-21(28)17-7-3-1-4-8-17/h1,3-4,7-10,15,21H,2,5-6,11-14,16H2,(H,25,29)(H,26,30). The lowest BCUT2D eigenvalue weighted by atomic mass is 10.0. The second-order valence-electron chi connectivity index (χ2n) is 7.81. The van der Waals surface area contributed by atoms with Crippen molar-refractivity contribution in [1.29, 1.82) is 0 Å². The average molecular weight is 410 g/mol. The first-order valence-electron chi connectivity index (χ1n) is 10.6. The Labute approximate surface area is 176 Å². The molecule has 0 saturated carbocycles. The number of hydrogen-bond donors (Lipinski definition) is 2. The van der Waals surface area contributed by atoms with E-state index in [0.29, 0.717) is 18.8 Å². The Hall–Kier alpha value is -3.09. The smallest absolute Gasteiger partial charge is 0.322 e. The molecule has 0 aromatic heterocycles. The normalized spacial score (nSPS) is 19.8. The van der Waals surface area contributed by atoms with Gasteiger partial charge < -0.3 is 20.4 Å². The third kappa shape index (κ3) is 4.56. The number of nitrogens with zero attached hydrogens (tertiary/aromatic N) is 2. The molecule has 2 aromatic carbocycles. The van der Waals surface area contributed by atoms with Crippen molar-refractivity contribution in [3.63, 3.8) is 0 Å². The lowest BCUT2D eigenvalue weighted by molar-refractivity contribution is -0.121. The Morgan fingerprint density at radius 2 is 1.80 bits per heavy atom. The molecule has 4 rings (SSSR count). The van der Waals surface area contributed by atoms with Crippen molar-refractivity contribution in [2.75, 3.05) is 36.4 Å². The Bertz CT molecular complexity index is 899. The van der Waals surface area contributed by atoms with E-state index in [4.69, 9.17) is 0 Å². The Morgan fingerprint density at radius 3 is 2.57 bits per heavy atom. The summed E-state index contributed by atoms with van der Waals surface area (Å²) in [7, 11) is 0. The maximum Gasteiger partial charge on any atom is 0.322 e. The van der Waals surface area contributed by atoms with Gasteiger partial charge in [0.2, 0.25) is 5.91 Å². The molecule has 0 aliphatic carbocycles. The third-order valence-corrected chi connectivity index (χ3v) is 5.77. The van der Waals surface area contributed by atoms with E-state index >= 15 is 0 Å². The fraction of sp³-hybridized carbons (Fsp3) is 0.391. The van der Waals surface area contributed by atoms with E-state index in [1.807, 2.05) is 30.3 Å². The molecule has 2 saturated heterocycles. The van der Waals surface area contributed by atoms with Crippen LogP contribution in [-0.4, -0.2) is 43.0 Å². The van der Waals surface area contributed by atoms with Gasteiger partial charge in [-0.2, -0.15) is 0 Å². The van der Waals surface area contributed by atoms with Gasteiger partial charge in [0.25, 0.3) is 0 Å². The van der Waals surface area contributed by atoms with Crippen LogP contribution in [-0.2, 0) is 4.79 Å². The molecule has 2 N–H and O–H groups in total. The number of amides is 3. The molecule has 3 amide bonds. The number of rotatable bonds is 3. The van der Waals surface area contributed by atoms with Gasteiger partial charge in [-0.3, -0.25) is 4.79 Å². The molecule has 2 fully saturated rings. The minimum absolute atomic E-state index is 0.0843. The highest BCUT2D eigenvalue weighted by molar-refractivity contribution is 5.94. The molecule has 30 heavy (non-hydrogen) atoms. The molecule has 1 atom stereocenters. The molecule has 0 bridgehead atoms. The summed E-state index contributed by atoms with van der Waals surface area (Å²) < 4.78 is 14.0. The highest BCUT2D eigenvalue weighted by Crippen LogP contribution is 2.31. The first-order chi connectivity index (χ1) is 14.6. The van der Waals surface area contributed by atoms with Gasteiger partial charge >= 0.3 is 6.03 Å². The number of anilines is 2. The Kier molecular flexibility index (Phi) is 6.16. The van der Waals surface area contributed by atoms with Crippen molar-refractivity contribution in [2.24, 2.45) is 0 Å². The fourth-order valence-electron chi connectivity index (χ4n) is 4.25. The van der Waals surface area contributed by atoms with E-state index in [-0.39, 0.29) is 24.4 Å². The summed E-state index contributed by atoms with van der Waals surface area (Å²) in [6.07, 6.45) is 3.55. The van der Waals surface area contributed by atoms with Gasteiger partial charge in [-0.05, 0) is 43.0 Å². The minimum atomic E-state index is -0.390. The van der Waals surface area contributed by atoms with Crippen LogP contribution in [0.1, 0.15) is 37.3 Å². The highest BCUT2D eigenvalue weighted by atomic mass is 19.1. The number of carbonyl (C=O) groups excluding carboxylic acids is 2. The van der Waals surface area contributed by atoms with Gasteiger partial charge in [-0.1, -0.05) is 30.3 Å². The zero-order valence-electron chi connectivity index (χ0n) is 16.9. The first-order valence-corrected chi connectivity index (χ1v) is 10.6. The van der Waals surface area contributed by atoms with Gasteiger partial charge in [0.1, 0.15) is 5.82 Å². The lowest BCUT2D eigenvalue weighted by Gasteiger charge is -2.33. The van der Waals surface area contributed by atoms with E-state index in [1.54, 1.807) is 11.0 Å². The predicted molar refractivity (Wildman–Crippen MR) is 115 cm³/mol. The van der Waals surface area contributed by atoms with E-state index in [0.717, 1.165) is 37.2 Å². The maximum atomic E-state index is 14.0. The summed E-state index contributed by atoms with van der Waals surface area (Å²) in [6.45, 7) is 2.55. The number of carbonyl (C=O) groups is 2. The van der Waals surface area contributed by atoms with Crippen LogP contribution in [0.2, 0.25) is 0 Å². The van der Waals surface area contributed by atoms with Gasteiger partial charge in [0.15, 0.2) is 0 Å². The van der Waals surface area contributed by atoms with Crippen LogP contribution in [0.25, 0.3) is 0 Å². The van der Waals surface area contributed by atoms with E-state index in [2.05, 4.69) is 15.5 Å². The molecule has 7 heteroatoms. The molecule has 0 radical (unpaired) electrons. The molecule has 1 unspecified atom stereocenters. The largest absolute Gasteiger partial charge is 0.370 e. The molecule has 2 heterocycles. The zero-order valence-corrected chi connectivity index (χ0v) is 16.9. The third-order valence-electron chi connectivity index (χ3n) is 5.77. The molecular formula is C23H27FN4O2. The van der Waals surface area contributed by atoms with Crippen molar-refractivity contribution in [3.05, 3.63) is 59.9 Å². The molecule has 0 spiro atoms. The highest BCUT2D eigenvalue weighted by Gasteiger charge is 2.30. The van der Waals surface area contributed by atoms with Crippen LogP contribution in [0.3, 0.4) is 0 Å². The van der Waals surface area contributed by atoms with E-state index in [1.165, 1.54) is 18.6 Å². The van der Waals surface area contributed by atoms with E-state index in [9.17, 15) is 14.0 Å². The molecule has 158 valence electrons. The van der Waals surface area contributed by atoms with Crippen molar-refractivity contribution < 1.29 is 14.0 Å². The monoisotopic (exact) mass is 410 g/mol. The number of hydrogen-bond acceptors (Lipinski definition) is 3. The van der Waals surface area contributed by atoms with Crippen LogP contribution < -0.4 is 15.5 Å². The van der Waals surface area contributed by atoms with Crippen molar-refractivity contribution in [3.8, 4) is 0 Å². The van der Waals surface area contributed by atoms with Crippen molar-refractivity contribution in [2.45, 2.75) is 31.7 Å². The molecule has 2 aliphatic rings. The fourth-order valence-corrected chi connectivity index (χ4v) is 4.25. The molecular weight excluding hydrogens is 383 g/mol. The number of halogens is 1. The minimum Gasteiger partial charge on any atom is -0.370 e. The quantitative estimate of drug-likeness (QED) is 0.806. The summed E-state index contributed by atoms with van der Waals surface area (Å²) in [6, 6.07) is 13.4. The van der Waals surface area contributed by atoms with Crippen molar-refractivity contribution in [1.82, 2.24) is 10.2 Å². The van der Waals surface area contributed by atoms with Gasteiger partial charge in [0.05, 0.1) is 23.8 Å². The zero-order chi connectivity index (χ0) is 20.9. The average Bonchev–Trinajstić information content (AvgIpc) is 2.97. The summed E-state index contributed by atoms with van der Waals surface area (Å²) in [5.74, 6) is -0.475. The number of benzene rings is 2. The summed E-state index contributed by atoms with van der Waals surface area (Å²) in [5.41, 5.74) is 2.21. The van der Waals surface area contributed by atoms with Gasteiger partial charge in [-0.15, -0.1) is 0 Å². The van der Waals surface area contributed by atoms with E-state index < -0.39 is 5.82 Å². The van der Waals surface area contributed by atoms with Crippen LogP contribution in [0.4, 0.5) is 20.6 Å². The van der Waals surface area contributed by atoms with Gasteiger partial charge in [0, 0.05) is 26.2 Å². The Morgan fingerprint density at radius 1 is 1.03 bits per heavy atom. The number of nitrogens with one attached hydrogen (secondary N) is 2. The predicted octanol–water partition coefficient (Wildman–Crippen LogP) is 3.91. The summed E-state index contributed by atoms with van der Waals surface area (Å²) in [5, 5.41) is 5.76. The van der Waals surface area contributed by atoms with Crippen LogP contribution in [0, 0.1) is 5.82 Å². The molecule has 6 nitrogen and oxygen atoms in total. The molecule has 2 aromatic rings. The molecule has 2 aliphatic heterocycles. The Balaban J connectivity index is 1.60. The van der Waals surface area contributed by atoms with Crippen LogP contribution >= 0.6 is 0 Å². The van der Waals surface area contributed by atoms with Crippen LogP contribution in [0.15, 0.2) is 48.5 Å². The SMILES string of the molecule is O=C1CC(c2ccccc2)N(C(=O)Nc2cc(F)ccc2N2CCCCC2)CCN1. The van der Waals surface area contributed by atoms with Gasteiger partial charge in [-0.25, -0.2) is 9.18 Å². The maximum absolute atomic E-state index is 14.0. The van der Waals surface area contributed by atoms with Crippen molar-refractivity contribution >= 4 is 23.3 Å². The number of urea groups is 1. The summed E-state index contributed by atoms with van der Waals surface area (Å²) in [4.78, 5) is 29.3. The second kappa shape index (κ2) is 9.15. The first kappa shape index (κ1) is 20.2. The summed E-state index contributed by atoms with van der Waals surface area (Å²) >= 11 is 0. The lowest BCUT2D eigenvalue weighted by Crippen LogP contribution is -2.40. The number of piperidine rings is 1. The van der Waals surface area contributed by atoms with Crippen LogP contribution in [0.5, 0.6) is 0 Å². The second-order valence-corrected chi connectivity index (χ2v) is 7.81.